The number of H-pyrrole nitrogens is 1. The first-order valence-corrected chi connectivity index (χ1v) is 10.5. The standard InChI is InChI=1S/C19H22F3N3O4S/c1-3-5-6-7-14(4-2)11-25(9-8-15-12-29-30(27,28)13-15)18(26)16-10-17(24-23-16)19(20,21)22/h3-7,10,15H,1-2,8-9,11-13H2,(H,23,24)/b6-5-,14-7+. The quantitative estimate of drug-likeness (QED) is 0.466. The first-order valence-electron chi connectivity index (χ1n) is 8.95. The molecule has 164 valence electrons. The van der Waals surface area contributed by atoms with Gasteiger partial charge in [0.2, 0.25) is 0 Å². The molecule has 1 aromatic rings. The van der Waals surface area contributed by atoms with E-state index in [9.17, 15) is 26.4 Å². The van der Waals surface area contributed by atoms with Crippen LogP contribution in [0.4, 0.5) is 13.2 Å². The van der Waals surface area contributed by atoms with Gasteiger partial charge in [0.1, 0.15) is 5.69 Å². The summed E-state index contributed by atoms with van der Waals surface area (Å²) in [6, 6.07) is 0.646. The Balaban J connectivity index is 2.20. The van der Waals surface area contributed by atoms with Crippen LogP contribution in [0.15, 0.2) is 55.2 Å². The van der Waals surface area contributed by atoms with E-state index >= 15 is 0 Å². The van der Waals surface area contributed by atoms with Gasteiger partial charge in [-0.25, -0.2) is 0 Å². The lowest BCUT2D eigenvalue weighted by Crippen LogP contribution is -2.35. The third kappa shape index (κ3) is 6.70. The molecule has 7 nitrogen and oxygen atoms in total. The summed E-state index contributed by atoms with van der Waals surface area (Å²) < 4.78 is 66.1. The highest BCUT2D eigenvalue weighted by Gasteiger charge is 2.35. The zero-order chi connectivity index (χ0) is 22.4. The normalized spacial score (nSPS) is 19.2. The van der Waals surface area contributed by atoms with Gasteiger partial charge in [-0.3, -0.25) is 14.1 Å². The fourth-order valence-corrected chi connectivity index (χ4v) is 4.09. The monoisotopic (exact) mass is 445 g/mol. The molecule has 0 radical (unpaired) electrons. The lowest BCUT2D eigenvalue weighted by molar-refractivity contribution is -0.141. The van der Waals surface area contributed by atoms with Crippen LogP contribution < -0.4 is 0 Å². The van der Waals surface area contributed by atoms with Crippen LogP contribution in [-0.2, 0) is 20.5 Å². The molecule has 1 saturated heterocycles. The summed E-state index contributed by atoms with van der Waals surface area (Å²) >= 11 is 0. The summed E-state index contributed by atoms with van der Waals surface area (Å²) in [4.78, 5) is 14.2. The fraction of sp³-hybridized carbons (Fsp3) is 0.368. The minimum atomic E-state index is -4.68. The number of hydrogen-bond donors (Lipinski definition) is 1. The molecule has 2 heterocycles. The van der Waals surface area contributed by atoms with Crippen LogP contribution in [0.5, 0.6) is 0 Å². The average Bonchev–Trinajstić information content (AvgIpc) is 3.29. The SMILES string of the molecule is C=C/C=C\C=C(/C=C)CN(CCC1COS(=O)(=O)C1)C(=O)c1cc(C(F)(F)F)n[nH]1. The largest absolute Gasteiger partial charge is 0.435 e. The van der Waals surface area contributed by atoms with Crippen molar-refractivity contribution >= 4 is 16.0 Å². The van der Waals surface area contributed by atoms with Crippen molar-refractivity contribution in [2.24, 2.45) is 5.92 Å². The van der Waals surface area contributed by atoms with Crippen molar-refractivity contribution in [2.45, 2.75) is 12.6 Å². The molecule has 1 aliphatic rings. The topological polar surface area (TPSA) is 92.4 Å². The number of nitrogens with one attached hydrogen (secondary N) is 1. The first-order chi connectivity index (χ1) is 14.1. The summed E-state index contributed by atoms with van der Waals surface area (Å²) in [6.07, 6.45) is 3.74. The molecule has 0 bridgehead atoms. The number of rotatable bonds is 9. The highest BCUT2D eigenvalue weighted by molar-refractivity contribution is 7.86. The molecular weight excluding hydrogens is 423 g/mol. The van der Waals surface area contributed by atoms with Gasteiger partial charge in [-0.05, 0) is 12.0 Å². The van der Waals surface area contributed by atoms with Crippen molar-refractivity contribution in [2.75, 3.05) is 25.4 Å². The Morgan fingerprint density at radius 1 is 1.37 bits per heavy atom. The van der Waals surface area contributed by atoms with Crippen LogP contribution in [0.3, 0.4) is 0 Å². The Labute approximate surface area is 172 Å². The number of nitrogens with zero attached hydrogens (tertiary/aromatic N) is 2. The summed E-state index contributed by atoms with van der Waals surface area (Å²) in [5.41, 5.74) is -0.885. The third-order valence-electron chi connectivity index (χ3n) is 4.31. The van der Waals surface area contributed by atoms with E-state index in [0.29, 0.717) is 18.1 Å². The first kappa shape index (κ1) is 23.6. The predicted molar refractivity (Wildman–Crippen MR) is 105 cm³/mol. The molecule has 0 saturated carbocycles. The van der Waals surface area contributed by atoms with E-state index < -0.39 is 27.9 Å². The Kier molecular flexibility index (Phi) is 7.79. The highest BCUT2D eigenvalue weighted by atomic mass is 32.2. The fourth-order valence-electron chi connectivity index (χ4n) is 2.75. The van der Waals surface area contributed by atoms with Gasteiger partial charge in [-0.15, -0.1) is 0 Å². The molecule has 1 unspecified atom stereocenters. The number of halogens is 3. The maximum absolute atomic E-state index is 12.8. The van der Waals surface area contributed by atoms with Crippen molar-refractivity contribution in [1.82, 2.24) is 15.1 Å². The van der Waals surface area contributed by atoms with Gasteiger partial charge in [0.05, 0.1) is 12.4 Å². The number of carbonyl (C=O) groups excluding carboxylic acids is 1. The summed E-state index contributed by atoms with van der Waals surface area (Å²) in [5.74, 6) is -1.17. The number of allylic oxidation sites excluding steroid dienone is 4. The van der Waals surface area contributed by atoms with Gasteiger partial charge < -0.3 is 4.90 Å². The Bertz CT molecular complexity index is 948. The lowest BCUT2D eigenvalue weighted by Gasteiger charge is -2.23. The molecule has 0 aliphatic carbocycles. The number of amides is 1. The van der Waals surface area contributed by atoms with Crippen LogP contribution in [0.1, 0.15) is 22.6 Å². The molecular formula is C19H22F3N3O4S. The Hall–Kier alpha value is -2.66. The molecule has 0 aromatic carbocycles. The van der Waals surface area contributed by atoms with Crippen LogP contribution in [0, 0.1) is 5.92 Å². The van der Waals surface area contributed by atoms with Gasteiger partial charge in [0, 0.05) is 25.1 Å². The van der Waals surface area contributed by atoms with E-state index in [1.54, 1.807) is 24.3 Å². The predicted octanol–water partition coefficient (Wildman–Crippen LogP) is 3.09. The van der Waals surface area contributed by atoms with Crippen LogP contribution in [0.2, 0.25) is 0 Å². The molecule has 1 aliphatic heterocycles. The Morgan fingerprint density at radius 3 is 2.63 bits per heavy atom. The maximum atomic E-state index is 12.8. The van der Waals surface area contributed by atoms with E-state index in [4.69, 9.17) is 4.18 Å². The van der Waals surface area contributed by atoms with E-state index in [1.165, 1.54) is 11.0 Å². The average molecular weight is 445 g/mol. The van der Waals surface area contributed by atoms with E-state index in [1.807, 2.05) is 0 Å². The lowest BCUT2D eigenvalue weighted by atomic mass is 10.1. The zero-order valence-corrected chi connectivity index (χ0v) is 16.9. The molecule has 1 N–H and O–H groups in total. The maximum Gasteiger partial charge on any atom is 0.435 e. The minimum Gasteiger partial charge on any atom is -0.333 e. The zero-order valence-electron chi connectivity index (χ0n) is 16.1. The van der Waals surface area contributed by atoms with Crippen molar-refractivity contribution < 1.29 is 30.6 Å². The molecule has 1 amide bonds. The van der Waals surface area contributed by atoms with Crippen LogP contribution in [0.25, 0.3) is 0 Å². The molecule has 11 heteroatoms. The molecule has 1 aromatic heterocycles. The van der Waals surface area contributed by atoms with Crippen molar-refractivity contribution in [3.8, 4) is 0 Å². The molecule has 2 rings (SSSR count). The second-order valence-corrected chi connectivity index (χ2v) is 8.31. The van der Waals surface area contributed by atoms with Crippen LogP contribution in [-0.4, -0.2) is 54.9 Å². The number of hydrogen-bond acceptors (Lipinski definition) is 5. The van der Waals surface area contributed by atoms with E-state index in [2.05, 4.69) is 23.4 Å². The van der Waals surface area contributed by atoms with Gasteiger partial charge in [0.15, 0.2) is 5.69 Å². The summed E-state index contributed by atoms with van der Waals surface area (Å²) in [6.45, 7) is 7.42. The number of aromatic nitrogens is 2. The molecule has 0 spiro atoms. The third-order valence-corrected chi connectivity index (χ3v) is 5.68. The molecule has 30 heavy (non-hydrogen) atoms. The van der Waals surface area contributed by atoms with Crippen molar-refractivity contribution in [1.29, 1.82) is 0 Å². The second kappa shape index (κ2) is 9.90. The van der Waals surface area contributed by atoms with Crippen molar-refractivity contribution in [3.63, 3.8) is 0 Å². The van der Waals surface area contributed by atoms with Gasteiger partial charge in [-0.1, -0.05) is 43.5 Å². The minimum absolute atomic E-state index is 0.0128. The van der Waals surface area contributed by atoms with Gasteiger partial charge in [-0.2, -0.15) is 26.7 Å². The molecule has 1 fully saturated rings. The van der Waals surface area contributed by atoms with Gasteiger partial charge in [0.25, 0.3) is 16.0 Å². The number of alkyl halides is 3. The Morgan fingerprint density at radius 2 is 2.10 bits per heavy atom. The van der Waals surface area contributed by atoms with Gasteiger partial charge >= 0.3 is 6.18 Å². The second-order valence-electron chi connectivity index (χ2n) is 6.62. The van der Waals surface area contributed by atoms with Crippen molar-refractivity contribution in [3.05, 3.63) is 66.6 Å². The summed E-state index contributed by atoms with van der Waals surface area (Å²) in [5, 5.41) is 5.28. The smallest absolute Gasteiger partial charge is 0.333 e. The van der Waals surface area contributed by atoms with E-state index in [0.717, 1.165) is 0 Å². The van der Waals surface area contributed by atoms with E-state index in [-0.39, 0.29) is 37.1 Å². The van der Waals surface area contributed by atoms with Crippen LogP contribution >= 0.6 is 0 Å². The number of carbonyl (C=O) groups is 1. The number of aromatic amines is 1. The summed E-state index contributed by atoms with van der Waals surface area (Å²) in [7, 11) is -3.56. The molecule has 1 atom stereocenters. The highest BCUT2D eigenvalue weighted by Crippen LogP contribution is 2.28.